The fourth-order valence-corrected chi connectivity index (χ4v) is 5.61. The molecule has 2 aromatic rings. The summed E-state index contributed by atoms with van der Waals surface area (Å²) in [5.41, 5.74) is 3.46. The average Bonchev–Trinajstić information content (AvgIpc) is 3.10. The van der Waals surface area contributed by atoms with E-state index in [9.17, 15) is 9.59 Å². The number of H-pyrrole nitrogens is 1. The lowest BCUT2D eigenvalue weighted by molar-refractivity contribution is -0.142. The Morgan fingerprint density at radius 3 is 2.87 bits per heavy atom. The monoisotopic (exact) mass is 422 g/mol. The summed E-state index contributed by atoms with van der Waals surface area (Å²) >= 11 is 0. The number of carbonyl (C=O) groups is 2. The SMILES string of the molecule is Cc1n[nH]c(C)c1CNC(=O)c1ccc(N2CC3CC(C2)[C@H]2CCCC(=O)N2C3)nc1. The maximum absolute atomic E-state index is 12.6. The fourth-order valence-electron chi connectivity index (χ4n) is 5.61. The number of aryl methyl sites for hydroxylation is 2. The van der Waals surface area contributed by atoms with Crippen LogP contribution < -0.4 is 10.2 Å². The van der Waals surface area contributed by atoms with Gasteiger partial charge in [0.25, 0.3) is 5.91 Å². The van der Waals surface area contributed by atoms with Crippen molar-refractivity contribution in [3.8, 4) is 0 Å². The number of anilines is 1. The summed E-state index contributed by atoms with van der Waals surface area (Å²) in [7, 11) is 0. The van der Waals surface area contributed by atoms with Crippen molar-refractivity contribution in [1.82, 2.24) is 25.4 Å². The average molecular weight is 423 g/mol. The van der Waals surface area contributed by atoms with Crippen molar-refractivity contribution >= 4 is 17.6 Å². The molecule has 8 nitrogen and oxygen atoms in total. The first-order valence-corrected chi connectivity index (χ1v) is 11.3. The number of rotatable bonds is 4. The highest BCUT2D eigenvalue weighted by atomic mass is 16.2. The van der Waals surface area contributed by atoms with Crippen molar-refractivity contribution in [2.75, 3.05) is 24.5 Å². The Morgan fingerprint density at radius 2 is 2.13 bits per heavy atom. The van der Waals surface area contributed by atoms with Gasteiger partial charge in [-0.25, -0.2) is 4.98 Å². The van der Waals surface area contributed by atoms with E-state index < -0.39 is 0 Å². The number of piperidine rings is 3. The van der Waals surface area contributed by atoms with Gasteiger partial charge in [-0.2, -0.15) is 5.10 Å². The first-order chi connectivity index (χ1) is 15.0. The minimum Gasteiger partial charge on any atom is -0.356 e. The molecule has 164 valence electrons. The molecular formula is C23H30N6O2. The molecule has 3 fully saturated rings. The molecule has 2 N–H and O–H groups in total. The zero-order valence-electron chi connectivity index (χ0n) is 18.2. The molecule has 5 heterocycles. The highest BCUT2D eigenvalue weighted by Crippen LogP contribution is 2.38. The molecule has 2 unspecified atom stereocenters. The highest BCUT2D eigenvalue weighted by Gasteiger charge is 2.44. The van der Waals surface area contributed by atoms with Gasteiger partial charge in [-0.3, -0.25) is 14.7 Å². The summed E-state index contributed by atoms with van der Waals surface area (Å²) in [6.45, 7) is 7.06. The van der Waals surface area contributed by atoms with Crippen molar-refractivity contribution in [2.45, 2.75) is 52.1 Å². The lowest BCUT2D eigenvalue weighted by Gasteiger charge is -2.52. The first-order valence-electron chi connectivity index (χ1n) is 11.3. The van der Waals surface area contributed by atoms with Crippen molar-refractivity contribution < 1.29 is 9.59 Å². The van der Waals surface area contributed by atoms with E-state index in [1.54, 1.807) is 6.20 Å². The van der Waals surface area contributed by atoms with Gasteiger partial charge >= 0.3 is 0 Å². The summed E-state index contributed by atoms with van der Waals surface area (Å²) in [6.07, 6.45) is 5.73. The van der Waals surface area contributed by atoms with Crippen LogP contribution in [0.4, 0.5) is 5.82 Å². The van der Waals surface area contributed by atoms with Gasteiger partial charge in [0.1, 0.15) is 5.82 Å². The van der Waals surface area contributed by atoms with Crippen LogP contribution in [0, 0.1) is 25.7 Å². The molecule has 0 saturated carbocycles. The smallest absolute Gasteiger partial charge is 0.253 e. The van der Waals surface area contributed by atoms with E-state index in [2.05, 4.69) is 30.3 Å². The van der Waals surface area contributed by atoms with E-state index >= 15 is 0 Å². The van der Waals surface area contributed by atoms with Crippen molar-refractivity contribution in [2.24, 2.45) is 11.8 Å². The van der Waals surface area contributed by atoms with Crippen molar-refractivity contribution in [3.05, 3.63) is 40.8 Å². The van der Waals surface area contributed by atoms with Gasteiger partial charge in [-0.1, -0.05) is 0 Å². The van der Waals surface area contributed by atoms with E-state index in [1.807, 2.05) is 26.0 Å². The molecule has 3 saturated heterocycles. The van der Waals surface area contributed by atoms with Crippen LogP contribution >= 0.6 is 0 Å². The maximum atomic E-state index is 12.6. The largest absolute Gasteiger partial charge is 0.356 e. The molecule has 2 bridgehead atoms. The van der Waals surface area contributed by atoms with E-state index in [1.165, 1.54) is 6.42 Å². The van der Waals surface area contributed by atoms with Gasteiger partial charge in [0.05, 0.1) is 11.3 Å². The second-order valence-corrected chi connectivity index (χ2v) is 9.27. The Hall–Kier alpha value is -2.90. The highest BCUT2D eigenvalue weighted by molar-refractivity contribution is 5.94. The van der Waals surface area contributed by atoms with Crippen molar-refractivity contribution in [1.29, 1.82) is 0 Å². The second-order valence-electron chi connectivity index (χ2n) is 9.27. The van der Waals surface area contributed by atoms with E-state index in [4.69, 9.17) is 0 Å². The van der Waals surface area contributed by atoms with Crippen molar-refractivity contribution in [3.63, 3.8) is 0 Å². The number of pyridine rings is 1. The lowest BCUT2D eigenvalue weighted by atomic mass is 9.76. The summed E-state index contributed by atoms with van der Waals surface area (Å²) in [6, 6.07) is 4.20. The molecule has 0 aromatic carbocycles. The third kappa shape index (κ3) is 3.79. The van der Waals surface area contributed by atoms with Crippen LogP contribution in [0.5, 0.6) is 0 Å². The van der Waals surface area contributed by atoms with Gasteiger partial charge in [-0.15, -0.1) is 0 Å². The molecule has 0 radical (unpaired) electrons. The minimum absolute atomic E-state index is 0.133. The number of amides is 2. The van der Waals surface area contributed by atoms with Gasteiger partial charge in [-0.05, 0) is 57.1 Å². The molecule has 5 rings (SSSR count). The van der Waals surface area contributed by atoms with Crippen LogP contribution in [-0.2, 0) is 11.3 Å². The molecule has 3 aliphatic rings. The number of aromatic nitrogens is 3. The number of aromatic amines is 1. The third-order valence-corrected chi connectivity index (χ3v) is 7.22. The normalized spacial score (nSPS) is 25.4. The van der Waals surface area contributed by atoms with Gasteiger partial charge in [0, 0.05) is 56.1 Å². The van der Waals surface area contributed by atoms with Gasteiger partial charge in [0.2, 0.25) is 5.91 Å². The standard InChI is InChI=1S/C23H30N6O2/c1-14-19(15(2)27-26-14)10-25-23(31)17-6-7-21(24-9-17)28-11-16-8-18(13-28)20-4-3-5-22(30)29(20)12-16/h6-7,9,16,18,20H,3-5,8,10-13H2,1-2H3,(H,25,31)(H,26,27)/t16?,18?,20-/m1/s1. The minimum atomic E-state index is -0.133. The lowest BCUT2D eigenvalue weighted by Crippen LogP contribution is -2.60. The van der Waals surface area contributed by atoms with Gasteiger partial charge in [0.15, 0.2) is 0 Å². The Bertz CT molecular complexity index is 965. The number of carbonyl (C=O) groups excluding carboxylic acids is 2. The quantitative estimate of drug-likeness (QED) is 0.788. The molecule has 8 heteroatoms. The summed E-state index contributed by atoms with van der Waals surface area (Å²) in [5.74, 6) is 2.15. The first kappa shape index (κ1) is 20.0. The predicted octanol–water partition coefficient (Wildman–Crippen LogP) is 2.19. The topological polar surface area (TPSA) is 94.2 Å². The zero-order valence-corrected chi connectivity index (χ0v) is 18.2. The Balaban J connectivity index is 1.23. The van der Waals surface area contributed by atoms with Crippen LogP contribution in [0.1, 0.15) is 53.0 Å². The number of hydrogen-bond donors (Lipinski definition) is 2. The Labute approximate surface area is 182 Å². The summed E-state index contributed by atoms with van der Waals surface area (Å²) in [5, 5.41) is 10.1. The fraction of sp³-hybridized carbons (Fsp3) is 0.565. The molecule has 3 aliphatic heterocycles. The molecule has 31 heavy (non-hydrogen) atoms. The van der Waals surface area contributed by atoms with Crippen LogP contribution in [0.25, 0.3) is 0 Å². The summed E-state index contributed by atoms with van der Waals surface area (Å²) in [4.78, 5) is 34.0. The predicted molar refractivity (Wildman–Crippen MR) is 117 cm³/mol. The zero-order chi connectivity index (χ0) is 21.5. The van der Waals surface area contributed by atoms with Gasteiger partial charge < -0.3 is 15.1 Å². The molecule has 3 atom stereocenters. The van der Waals surface area contributed by atoms with Crippen LogP contribution in [-0.4, -0.2) is 57.6 Å². The van der Waals surface area contributed by atoms with E-state index in [0.717, 1.165) is 55.2 Å². The maximum Gasteiger partial charge on any atom is 0.253 e. The molecule has 0 aliphatic carbocycles. The van der Waals surface area contributed by atoms with E-state index in [0.29, 0.717) is 42.3 Å². The van der Waals surface area contributed by atoms with E-state index in [-0.39, 0.29) is 5.91 Å². The molecular weight excluding hydrogens is 392 g/mol. The summed E-state index contributed by atoms with van der Waals surface area (Å²) < 4.78 is 0. The van der Waals surface area contributed by atoms with Crippen LogP contribution in [0.3, 0.4) is 0 Å². The third-order valence-electron chi connectivity index (χ3n) is 7.22. The number of nitrogens with one attached hydrogen (secondary N) is 2. The van der Waals surface area contributed by atoms with Crippen LogP contribution in [0.2, 0.25) is 0 Å². The Kier molecular flexibility index (Phi) is 5.16. The number of nitrogens with zero attached hydrogens (tertiary/aromatic N) is 4. The number of hydrogen-bond acceptors (Lipinski definition) is 5. The molecule has 0 spiro atoms. The van der Waals surface area contributed by atoms with Crippen LogP contribution in [0.15, 0.2) is 18.3 Å². The second kappa shape index (κ2) is 7.98. The molecule has 2 amide bonds. The number of fused-ring (bicyclic) bond motifs is 4. The Morgan fingerprint density at radius 1 is 1.26 bits per heavy atom. The molecule has 2 aromatic heterocycles.